The molecular formula is C43H28N2O. The Balaban J connectivity index is 1.19. The molecule has 3 heteroatoms. The SMILES string of the molecule is c1ccc(-n2c3ccccc3c3cc(-c4ccc5c(c4)c4ccccc4n5-c4cccc5c4-c4ccccc4OC5)ccc32)cc1. The van der Waals surface area contributed by atoms with E-state index in [2.05, 4.69) is 161 Å². The Bertz CT molecular complexity index is 2640. The molecule has 216 valence electrons. The van der Waals surface area contributed by atoms with Gasteiger partial charge in [0.15, 0.2) is 0 Å². The van der Waals surface area contributed by atoms with Crippen molar-refractivity contribution in [2.24, 2.45) is 0 Å². The predicted molar refractivity (Wildman–Crippen MR) is 190 cm³/mol. The van der Waals surface area contributed by atoms with Crippen molar-refractivity contribution in [1.29, 1.82) is 0 Å². The maximum atomic E-state index is 6.14. The summed E-state index contributed by atoms with van der Waals surface area (Å²) in [6, 6.07) is 57.0. The van der Waals surface area contributed by atoms with Gasteiger partial charge in [0.05, 0.1) is 27.8 Å². The lowest BCUT2D eigenvalue weighted by atomic mass is 9.95. The molecule has 2 aromatic heterocycles. The lowest BCUT2D eigenvalue weighted by molar-refractivity contribution is 0.302. The highest BCUT2D eigenvalue weighted by molar-refractivity contribution is 6.13. The van der Waals surface area contributed by atoms with Gasteiger partial charge in [-0.25, -0.2) is 0 Å². The van der Waals surface area contributed by atoms with Gasteiger partial charge < -0.3 is 13.9 Å². The van der Waals surface area contributed by atoms with E-state index in [9.17, 15) is 0 Å². The predicted octanol–water partition coefficient (Wildman–Crippen LogP) is 11.1. The van der Waals surface area contributed by atoms with Crippen LogP contribution in [0.1, 0.15) is 5.56 Å². The van der Waals surface area contributed by atoms with Gasteiger partial charge in [0.1, 0.15) is 12.4 Å². The van der Waals surface area contributed by atoms with E-state index in [0.717, 1.165) is 11.3 Å². The van der Waals surface area contributed by atoms with Crippen molar-refractivity contribution in [3.63, 3.8) is 0 Å². The van der Waals surface area contributed by atoms with Crippen LogP contribution in [0.4, 0.5) is 0 Å². The van der Waals surface area contributed by atoms with E-state index in [1.54, 1.807) is 0 Å². The van der Waals surface area contributed by atoms with Crippen molar-refractivity contribution in [2.45, 2.75) is 6.61 Å². The molecule has 46 heavy (non-hydrogen) atoms. The normalized spacial score (nSPS) is 12.4. The molecule has 0 radical (unpaired) electrons. The van der Waals surface area contributed by atoms with Gasteiger partial charge in [-0.15, -0.1) is 0 Å². The molecule has 0 fully saturated rings. The first-order valence-corrected chi connectivity index (χ1v) is 15.8. The summed E-state index contributed by atoms with van der Waals surface area (Å²) in [7, 11) is 0. The first-order valence-electron chi connectivity index (χ1n) is 15.8. The highest BCUT2D eigenvalue weighted by Gasteiger charge is 2.23. The molecule has 7 aromatic carbocycles. The van der Waals surface area contributed by atoms with Crippen LogP contribution in [0.5, 0.6) is 5.75 Å². The Hall–Kier alpha value is -6.06. The molecule has 1 aliphatic heterocycles. The second-order valence-electron chi connectivity index (χ2n) is 12.1. The largest absolute Gasteiger partial charge is 0.488 e. The number of para-hydroxylation sites is 4. The molecule has 0 atom stereocenters. The number of hydrogen-bond donors (Lipinski definition) is 0. The van der Waals surface area contributed by atoms with Crippen LogP contribution in [0.2, 0.25) is 0 Å². The van der Waals surface area contributed by atoms with E-state index < -0.39 is 0 Å². The summed E-state index contributed by atoms with van der Waals surface area (Å²) in [4.78, 5) is 0. The lowest BCUT2D eigenvalue weighted by Gasteiger charge is -2.24. The molecule has 0 saturated carbocycles. The molecule has 9 aromatic rings. The number of rotatable bonds is 3. The van der Waals surface area contributed by atoms with E-state index in [4.69, 9.17) is 4.74 Å². The summed E-state index contributed by atoms with van der Waals surface area (Å²) in [6.45, 7) is 0.574. The monoisotopic (exact) mass is 588 g/mol. The van der Waals surface area contributed by atoms with Crippen LogP contribution in [0.15, 0.2) is 158 Å². The van der Waals surface area contributed by atoms with Crippen molar-refractivity contribution in [3.05, 3.63) is 163 Å². The summed E-state index contributed by atoms with van der Waals surface area (Å²) in [5.74, 6) is 0.939. The van der Waals surface area contributed by atoms with E-state index in [1.807, 2.05) is 6.07 Å². The van der Waals surface area contributed by atoms with Gasteiger partial charge in [0, 0.05) is 38.4 Å². The first-order chi connectivity index (χ1) is 22.8. The van der Waals surface area contributed by atoms with Crippen molar-refractivity contribution >= 4 is 43.6 Å². The third-order valence-corrected chi connectivity index (χ3v) is 9.60. The van der Waals surface area contributed by atoms with E-state index in [0.29, 0.717) is 6.61 Å². The maximum absolute atomic E-state index is 6.14. The van der Waals surface area contributed by atoms with Gasteiger partial charge in [-0.05, 0) is 77.4 Å². The number of fused-ring (bicyclic) bond motifs is 9. The molecule has 0 unspecified atom stereocenters. The fourth-order valence-corrected chi connectivity index (χ4v) is 7.58. The van der Waals surface area contributed by atoms with Gasteiger partial charge in [-0.1, -0.05) is 97.1 Å². The fraction of sp³-hybridized carbons (Fsp3) is 0.0233. The molecule has 0 N–H and O–H groups in total. The summed E-state index contributed by atoms with van der Waals surface area (Å²) in [5.41, 5.74) is 13.2. The minimum absolute atomic E-state index is 0.574. The third-order valence-electron chi connectivity index (χ3n) is 9.60. The number of ether oxygens (including phenoxy) is 1. The van der Waals surface area contributed by atoms with Gasteiger partial charge >= 0.3 is 0 Å². The van der Waals surface area contributed by atoms with Gasteiger partial charge in [0.2, 0.25) is 0 Å². The van der Waals surface area contributed by atoms with Crippen LogP contribution < -0.4 is 4.74 Å². The Labute approximate surface area is 266 Å². The maximum Gasteiger partial charge on any atom is 0.127 e. The van der Waals surface area contributed by atoms with Crippen LogP contribution in [-0.2, 0) is 6.61 Å². The highest BCUT2D eigenvalue weighted by Crippen LogP contribution is 2.44. The van der Waals surface area contributed by atoms with Crippen LogP contribution in [0.3, 0.4) is 0 Å². The van der Waals surface area contributed by atoms with Gasteiger partial charge in [-0.3, -0.25) is 0 Å². The summed E-state index contributed by atoms with van der Waals surface area (Å²) in [5, 5.41) is 5.02. The molecule has 0 bridgehead atoms. The van der Waals surface area contributed by atoms with Crippen LogP contribution in [-0.4, -0.2) is 9.13 Å². The average Bonchev–Trinajstić information content (AvgIpc) is 3.64. The van der Waals surface area contributed by atoms with Crippen LogP contribution in [0.25, 0.3) is 77.2 Å². The number of benzene rings is 7. The van der Waals surface area contributed by atoms with Crippen LogP contribution >= 0.6 is 0 Å². The van der Waals surface area contributed by atoms with Crippen molar-refractivity contribution in [1.82, 2.24) is 9.13 Å². The molecule has 1 aliphatic rings. The Kier molecular flexibility index (Phi) is 5.34. The zero-order chi connectivity index (χ0) is 30.2. The fourth-order valence-electron chi connectivity index (χ4n) is 7.58. The average molecular weight is 589 g/mol. The molecular weight excluding hydrogens is 560 g/mol. The van der Waals surface area contributed by atoms with Crippen molar-refractivity contribution in [3.8, 4) is 39.4 Å². The Morgan fingerprint density at radius 2 is 1.02 bits per heavy atom. The summed E-state index contributed by atoms with van der Waals surface area (Å²) in [6.07, 6.45) is 0. The molecule has 3 nitrogen and oxygen atoms in total. The second kappa shape index (κ2) is 9.72. The first kappa shape index (κ1) is 25.3. The quantitative estimate of drug-likeness (QED) is 0.201. The number of aromatic nitrogens is 2. The summed E-state index contributed by atoms with van der Waals surface area (Å²) < 4.78 is 10.9. The highest BCUT2D eigenvalue weighted by atomic mass is 16.5. The molecule has 0 saturated heterocycles. The second-order valence-corrected chi connectivity index (χ2v) is 12.1. The van der Waals surface area contributed by atoms with E-state index in [-0.39, 0.29) is 0 Å². The van der Waals surface area contributed by atoms with Crippen LogP contribution in [0, 0.1) is 0 Å². The molecule has 0 spiro atoms. The minimum atomic E-state index is 0.574. The van der Waals surface area contributed by atoms with Gasteiger partial charge in [-0.2, -0.15) is 0 Å². The van der Waals surface area contributed by atoms with Crippen molar-refractivity contribution < 1.29 is 4.74 Å². The van der Waals surface area contributed by atoms with E-state index >= 15 is 0 Å². The topological polar surface area (TPSA) is 19.1 Å². The van der Waals surface area contributed by atoms with Gasteiger partial charge in [0.25, 0.3) is 0 Å². The Morgan fingerprint density at radius 3 is 1.76 bits per heavy atom. The zero-order valence-corrected chi connectivity index (χ0v) is 25.0. The summed E-state index contributed by atoms with van der Waals surface area (Å²) >= 11 is 0. The number of nitrogens with zero attached hydrogens (tertiary/aromatic N) is 2. The Morgan fingerprint density at radius 1 is 0.435 bits per heavy atom. The number of hydrogen-bond acceptors (Lipinski definition) is 1. The molecule has 0 aliphatic carbocycles. The molecule has 3 heterocycles. The smallest absolute Gasteiger partial charge is 0.127 e. The third kappa shape index (κ3) is 3.60. The standard InChI is InChI=1S/C43H28N2O/c1-2-12-31(13-3-1)44-37-17-7-4-14-32(37)35-25-28(21-23-39(35)44)29-22-24-40-36(26-29)33-15-5-8-18-38(33)45(40)41-19-10-11-30-27-46-42-20-9-6-16-34(42)43(30)41/h1-26H,27H2. The van der Waals surface area contributed by atoms with Crippen molar-refractivity contribution in [2.75, 3.05) is 0 Å². The lowest BCUT2D eigenvalue weighted by Crippen LogP contribution is -2.08. The molecule has 10 rings (SSSR count). The zero-order valence-electron chi connectivity index (χ0n) is 25.0. The minimum Gasteiger partial charge on any atom is -0.488 e. The van der Waals surface area contributed by atoms with E-state index in [1.165, 1.54) is 77.2 Å². The molecule has 0 amide bonds.